The van der Waals surface area contributed by atoms with Gasteiger partial charge in [0.25, 0.3) is 0 Å². The van der Waals surface area contributed by atoms with Crippen molar-refractivity contribution in [1.82, 2.24) is 10.2 Å². The molecule has 18 heavy (non-hydrogen) atoms. The normalized spacial score (nSPS) is 30.6. The van der Waals surface area contributed by atoms with Crippen LogP contribution in [0.25, 0.3) is 0 Å². The third kappa shape index (κ3) is 2.83. The lowest BCUT2D eigenvalue weighted by Gasteiger charge is -2.24. The molecule has 1 amide bonds. The fourth-order valence-corrected chi connectivity index (χ4v) is 3.30. The average Bonchev–Trinajstić information content (AvgIpc) is 2.81. The summed E-state index contributed by atoms with van der Waals surface area (Å²) < 4.78 is 0. The van der Waals surface area contributed by atoms with Gasteiger partial charge in [-0.2, -0.15) is 0 Å². The zero-order valence-electron chi connectivity index (χ0n) is 11.1. The summed E-state index contributed by atoms with van der Waals surface area (Å²) in [6.45, 7) is 8.65. The molecule has 1 saturated carbocycles. The Morgan fingerprint density at radius 3 is 2.50 bits per heavy atom. The van der Waals surface area contributed by atoms with Gasteiger partial charge in [-0.1, -0.05) is 25.0 Å². The van der Waals surface area contributed by atoms with Crippen molar-refractivity contribution in [2.75, 3.05) is 13.1 Å². The van der Waals surface area contributed by atoms with Crippen molar-refractivity contribution in [2.45, 2.75) is 44.2 Å². The van der Waals surface area contributed by atoms with E-state index in [0.29, 0.717) is 25.0 Å². The highest BCUT2D eigenvalue weighted by molar-refractivity contribution is 5.82. The first-order valence-electron chi connectivity index (χ1n) is 7.03. The Hall–Kier alpha value is -1.09. The molecule has 1 N–H and O–H groups in total. The van der Waals surface area contributed by atoms with E-state index in [1.807, 2.05) is 4.90 Å². The zero-order valence-corrected chi connectivity index (χ0v) is 11.1. The SMILES string of the molecule is C=CCN(CC=C)C(=O)C1CC2CCCCC2N1. The molecule has 2 rings (SSSR count). The molecule has 0 aromatic carbocycles. The summed E-state index contributed by atoms with van der Waals surface area (Å²) in [5.41, 5.74) is 0. The molecule has 0 bridgehead atoms. The first-order valence-corrected chi connectivity index (χ1v) is 7.03. The Morgan fingerprint density at radius 2 is 1.89 bits per heavy atom. The van der Waals surface area contributed by atoms with Crippen molar-refractivity contribution in [3.8, 4) is 0 Å². The molecule has 0 aromatic rings. The van der Waals surface area contributed by atoms with Crippen LogP contribution in [0.4, 0.5) is 0 Å². The summed E-state index contributed by atoms with van der Waals surface area (Å²) >= 11 is 0. The van der Waals surface area contributed by atoms with Crippen molar-refractivity contribution < 1.29 is 4.79 Å². The van der Waals surface area contributed by atoms with E-state index in [9.17, 15) is 4.79 Å². The first-order chi connectivity index (χ1) is 8.76. The number of nitrogens with zero attached hydrogens (tertiary/aromatic N) is 1. The highest BCUT2D eigenvalue weighted by Gasteiger charge is 2.39. The van der Waals surface area contributed by atoms with E-state index in [1.54, 1.807) is 12.2 Å². The van der Waals surface area contributed by atoms with Gasteiger partial charge in [0.1, 0.15) is 0 Å². The van der Waals surface area contributed by atoms with Gasteiger partial charge in [0, 0.05) is 19.1 Å². The summed E-state index contributed by atoms with van der Waals surface area (Å²) in [5, 5.41) is 3.53. The van der Waals surface area contributed by atoms with Crippen molar-refractivity contribution in [2.24, 2.45) is 5.92 Å². The fourth-order valence-electron chi connectivity index (χ4n) is 3.30. The van der Waals surface area contributed by atoms with Gasteiger partial charge in [-0.15, -0.1) is 13.2 Å². The minimum atomic E-state index is 0.0120. The fraction of sp³-hybridized carbons (Fsp3) is 0.667. The summed E-state index contributed by atoms with van der Waals surface area (Å²) in [4.78, 5) is 14.3. The molecule has 2 aliphatic rings. The lowest BCUT2D eigenvalue weighted by atomic mass is 9.85. The molecule has 0 spiro atoms. The Morgan fingerprint density at radius 1 is 1.22 bits per heavy atom. The van der Waals surface area contributed by atoms with E-state index in [4.69, 9.17) is 0 Å². The monoisotopic (exact) mass is 248 g/mol. The Bertz CT molecular complexity index is 302. The number of amides is 1. The van der Waals surface area contributed by atoms with Gasteiger partial charge in [-0.05, 0) is 25.2 Å². The van der Waals surface area contributed by atoms with Gasteiger partial charge in [0.2, 0.25) is 5.91 Å². The van der Waals surface area contributed by atoms with Crippen LogP contribution in [0.2, 0.25) is 0 Å². The highest BCUT2D eigenvalue weighted by Crippen LogP contribution is 2.33. The smallest absolute Gasteiger partial charge is 0.240 e. The average molecular weight is 248 g/mol. The molecular formula is C15H24N2O. The molecule has 3 heteroatoms. The number of hydrogen-bond acceptors (Lipinski definition) is 2. The van der Waals surface area contributed by atoms with Gasteiger partial charge >= 0.3 is 0 Å². The Balaban J connectivity index is 1.95. The molecule has 1 aliphatic heterocycles. The van der Waals surface area contributed by atoms with Crippen molar-refractivity contribution >= 4 is 5.91 Å². The van der Waals surface area contributed by atoms with E-state index in [-0.39, 0.29) is 11.9 Å². The number of nitrogens with one attached hydrogen (secondary N) is 1. The second kappa shape index (κ2) is 6.19. The predicted octanol–water partition coefficient (Wildman–Crippen LogP) is 2.11. The number of carbonyl (C=O) groups excluding carboxylic acids is 1. The topological polar surface area (TPSA) is 32.3 Å². The van der Waals surface area contributed by atoms with E-state index in [2.05, 4.69) is 18.5 Å². The van der Waals surface area contributed by atoms with E-state index < -0.39 is 0 Å². The van der Waals surface area contributed by atoms with Crippen LogP contribution in [0.3, 0.4) is 0 Å². The molecule has 2 fully saturated rings. The standard InChI is InChI=1S/C15H24N2O/c1-3-9-17(10-4-2)15(18)14-11-12-7-5-6-8-13(12)16-14/h3-4,12-14,16H,1-2,5-11H2. The lowest BCUT2D eigenvalue weighted by Crippen LogP contribution is -2.45. The van der Waals surface area contributed by atoms with Crippen LogP contribution in [0.15, 0.2) is 25.3 Å². The first kappa shape index (κ1) is 13.3. The van der Waals surface area contributed by atoms with Gasteiger partial charge in [-0.25, -0.2) is 0 Å². The van der Waals surface area contributed by atoms with Crippen LogP contribution in [-0.4, -0.2) is 36.0 Å². The van der Waals surface area contributed by atoms with Crippen molar-refractivity contribution in [1.29, 1.82) is 0 Å². The third-order valence-corrected chi connectivity index (χ3v) is 4.17. The molecule has 3 unspecified atom stereocenters. The van der Waals surface area contributed by atoms with Gasteiger partial charge in [-0.3, -0.25) is 4.79 Å². The van der Waals surface area contributed by atoms with E-state index >= 15 is 0 Å². The maximum atomic E-state index is 12.4. The molecule has 0 radical (unpaired) electrons. The van der Waals surface area contributed by atoms with Gasteiger partial charge in [0.05, 0.1) is 6.04 Å². The Kier molecular flexibility index (Phi) is 4.59. The molecule has 1 heterocycles. The number of fused-ring (bicyclic) bond motifs is 1. The second-order valence-corrected chi connectivity index (χ2v) is 5.43. The minimum absolute atomic E-state index is 0.0120. The maximum absolute atomic E-state index is 12.4. The van der Waals surface area contributed by atoms with E-state index in [0.717, 1.165) is 6.42 Å². The van der Waals surface area contributed by atoms with Crippen LogP contribution in [0.5, 0.6) is 0 Å². The lowest BCUT2D eigenvalue weighted by molar-refractivity contribution is -0.132. The van der Waals surface area contributed by atoms with Crippen LogP contribution in [0.1, 0.15) is 32.1 Å². The summed E-state index contributed by atoms with van der Waals surface area (Å²) in [7, 11) is 0. The van der Waals surface area contributed by atoms with Crippen LogP contribution in [0, 0.1) is 5.92 Å². The largest absolute Gasteiger partial charge is 0.334 e. The van der Waals surface area contributed by atoms with Crippen LogP contribution >= 0.6 is 0 Å². The molecule has 0 aromatic heterocycles. The van der Waals surface area contributed by atoms with Gasteiger partial charge in [0.15, 0.2) is 0 Å². The molecule has 1 aliphatic carbocycles. The Labute approximate surface area is 110 Å². The molecule has 3 nitrogen and oxygen atoms in total. The minimum Gasteiger partial charge on any atom is -0.334 e. The number of hydrogen-bond donors (Lipinski definition) is 1. The van der Waals surface area contributed by atoms with Crippen molar-refractivity contribution in [3.05, 3.63) is 25.3 Å². The quantitative estimate of drug-likeness (QED) is 0.756. The number of rotatable bonds is 5. The summed E-state index contributed by atoms with van der Waals surface area (Å²) in [6, 6.07) is 0.583. The summed E-state index contributed by atoms with van der Waals surface area (Å²) in [5.74, 6) is 0.922. The zero-order chi connectivity index (χ0) is 13.0. The predicted molar refractivity (Wildman–Crippen MR) is 74.3 cm³/mol. The third-order valence-electron chi connectivity index (χ3n) is 4.17. The van der Waals surface area contributed by atoms with Gasteiger partial charge < -0.3 is 10.2 Å². The van der Waals surface area contributed by atoms with Crippen LogP contribution < -0.4 is 5.32 Å². The number of carbonyl (C=O) groups is 1. The maximum Gasteiger partial charge on any atom is 0.240 e. The molecular weight excluding hydrogens is 224 g/mol. The second-order valence-electron chi connectivity index (χ2n) is 5.43. The molecule has 1 saturated heterocycles. The summed E-state index contributed by atoms with van der Waals surface area (Å²) in [6.07, 6.45) is 9.72. The van der Waals surface area contributed by atoms with Crippen molar-refractivity contribution in [3.63, 3.8) is 0 Å². The molecule has 100 valence electrons. The highest BCUT2D eigenvalue weighted by atomic mass is 16.2. The molecule has 3 atom stereocenters. The van der Waals surface area contributed by atoms with E-state index in [1.165, 1.54) is 25.7 Å². The van der Waals surface area contributed by atoms with Crippen LogP contribution in [-0.2, 0) is 4.79 Å².